The van der Waals surface area contributed by atoms with Gasteiger partial charge in [0.05, 0.1) is 6.61 Å². The number of nitrogens with zero attached hydrogens (tertiary/aromatic N) is 1. The highest BCUT2D eigenvalue weighted by Gasteiger charge is 2.19. The largest absolute Gasteiger partial charge is 0.463 e. The predicted molar refractivity (Wildman–Crippen MR) is 64.3 cm³/mol. The van der Waals surface area contributed by atoms with E-state index in [9.17, 15) is 4.79 Å². The van der Waals surface area contributed by atoms with E-state index in [1.54, 1.807) is 0 Å². The first-order chi connectivity index (χ1) is 7.65. The van der Waals surface area contributed by atoms with Crippen molar-refractivity contribution in [1.82, 2.24) is 10.2 Å². The van der Waals surface area contributed by atoms with Crippen LogP contribution in [-0.4, -0.2) is 50.2 Å². The number of nitrogens with one attached hydrogen (secondary N) is 1. The van der Waals surface area contributed by atoms with Gasteiger partial charge in [0.25, 0.3) is 0 Å². The van der Waals surface area contributed by atoms with E-state index < -0.39 is 0 Å². The first-order valence-corrected chi connectivity index (χ1v) is 5.91. The summed E-state index contributed by atoms with van der Waals surface area (Å²) in [5, 5.41) is 3.33. The average Bonchev–Trinajstić information content (AvgIpc) is 2.30. The van der Waals surface area contributed by atoms with E-state index in [1.165, 1.54) is 0 Å². The molecule has 1 heterocycles. The molecule has 1 aliphatic rings. The number of ether oxygens (including phenoxy) is 1. The molecule has 4 nitrogen and oxygen atoms in total. The lowest BCUT2D eigenvalue weighted by Crippen LogP contribution is -2.42. The Morgan fingerprint density at radius 2 is 2.12 bits per heavy atom. The molecular formula is C12H22N2O2. The quantitative estimate of drug-likeness (QED) is 0.556. The minimum Gasteiger partial charge on any atom is -0.463 e. The van der Waals surface area contributed by atoms with Gasteiger partial charge < -0.3 is 10.1 Å². The van der Waals surface area contributed by atoms with Gasteiger partial charge in [-0.05, 0) is 39.9 Å². The van der Waals surface area contributed by atoms with Crippen LogP contribution in [0.15, 0.2) is 12.2 Å². The fourth-order valence-electron chi connectivity index (χ4n) is 1.98. The summed E-state index contributed by atoms with van der Waals surface area (Å²) in [5.74, 6) is -0.275. The molecule has 1 fully saturated rings. The summed E-state index contributed by atoms with van der Waals surface area (Å²) in [6.45, 7) is 8.71. The fraction of sp³-hybridized carbons (Fsp3) is 0.750. The van der Waals surface area contributed by atoms with Crippen molar-refractivity contribution in [3.8, 4) is 0 Å². The van der Waals surface area contributed by atoms with Crippen molar-refractivity contribution in [2.75, 3.05) is 33.3 Å². The summed E-state index contributed by atoms with van der Waals surface area (Å²) in [6, 6.07) is 0.549. The van der Waals surface area contributed by atoms with Crippen molar-refractivity contribution in [2.24, 2.45) is 0 Å². The summed E-state index contributed by atoms with van der Waals surface area (Å²) in [4.78, 5) is 13.6. The van der Waals surface area contributed by atoms with E-state index in [0.717, 1.165) is 25.9 Å². The highest BCUT2D eigenvalue weighted by Crippen LogP contribution is 2.11. The van der Waals surface area contributed by atoms with Crippen LogP contribution < -0.4 is 5.32 Å². The lowest BCUT2D eigenvalue weighted by atomic mass is 10.0. The zero-order chi connectivity index (χ0) is 12.0. The van der Waals surface area contributed by atoms with Crippen molar-refractivity contribution < 1.29 is 9.53 Å². The molecule has 0 aliphatic carbocycles. The molecule has 1 N–H and O–H groups in total. The maximum atomic E-state index is 11.4. The molecule has 1 rings (SSSR count). The van der Waals surface area contributed by atoms with E-state index in [1.807, 2.05) is 14.0 Å². The van der Waals surface area contributed by atoms with Crippen LogP contribution in [0.1, 0.15) is 19.8 Å². The fourth-order valence-corrected chi connectivity index (χ4v) is 1.98. The molecule has 0 aromatic carbocycles. The number of carbonyl (C=O) groups is 1. The molecule has 0 aromatic rings. The minimum atomic E-state index is -0.275. The zero-order valence-corrected chi connectivity index (χ0v) is 10.3. The number of rotatable bonds is 5. The van der Waals surface area contributed by atoms with E-state index in [0.29, 0.717) is 24.8 Å². The molecule has 16 heavy (non-hydrogen) atoms. The Hall–Kier alpha value is -0.870. The van der Waals surface area contributed by atoms with Crippen LogP contribution in [0.2, 0.25) is 0 Å². The molecule has 0 saturated carbocycles. The number of esters is 1. The molecule has 0 radical (unpaired) electrons. The summed E-state index contributed by atoms with van der Waals surface area (Å²) in [7, 11) is 2.04. The molecule has 0 aromatic heterocycles. The number of hydrogen-bond donors (Lipinski definition) is 1. The Labute approximate surface area is 97.6 Å². The second kappa shape index (κ2) is 6.66. The minimum absolute atomic E-state index is 0.275. The van der Waals surface area contributed by atoms with Crippen LogP contribution in [-0.2, 0) is 9.53 Å². The van der Waals surface area contributed by atoms with Crippen molar-refractivity contribution >= 4 is 5.97 Å². The highest BCUT2D eigenvalue weighted by atomic mass is 16.5. The van der Waals surface area contributed by atoms with Crippen molar-refractivity contribution in [2.45, 2.75) is 25.8 Å². The summed E-state index contributed by atoms with van der Waals surface area (Å²) >= 11 is 0. The van der Waals surface area contributed by atoms with E-state index in [2.05, 4.69) is 16.8 Å². The first-order valence-electron chi connectivity index (χ1n) is 5.91. The van der Waals surface area contributed by atoms with Crippen molar-refractivity contribution in [3.05, 3.63) is 12.2 Å². The Bertz CT molecular complexity index is 247. The first kappa shape index (κ1) is 13.2. The lowest BCUT2D eigenvalue weighted by molar-refractivity contribution is -0.138. The van der Waals surface area contributed by atoms with Crippen LogP contribution in [0.25, 0.3) is 0 Å². The van der Waals surface area contributed by atoms with E-state index in [-0.39, 0.29) is 5.97 Å². The maximum absolute atomic E-state index is 11.4. The van der Waals surface area contributed by atoms with Crippen LogP contribution in [0, 0.1) is 0 Å². The maximum Gasteiger partial charge on any atom is 0.334 e. The van der Waals surface area contributed by atoms with Gasteiger partial charge in [0.2, 0.25) is 0 Å². The average molecular weight is 226 g/mol. The number of carbonyl (C=O) groups excluding carboxylic acids is 1. The molecule has 92 valence electrons. The molecule has 0 atom stereocenters. The van der Waals surface area contributed by atoms with Crippen LogP contribution in [0.4, 0.5) is 0 Å². The molecule has 0 bridgehead atoms. The van der Waals surface area contributed by atoms with Gasteiger partial charge in [0.1, 0.15) is 0 Å². The zero-order valence-electron chi connectivity index (χ0n) is 10.3. The van der Waals surface area contributed by atoms with Crippen LogP contribution >= 0.6 is 0 Å². The van der Waals surface area contributed by atoms with Crippen LogP contribution in [0.3, 0.4) is 0 Å². The number of likely N-dealkylation sites (N-methyl/N-ethyl adjacent to an activating group) is 1. The SMILES string of the molecule is C=C(CN(C)C1CCNCC1)C(=O)OCC. The third kappa shape index (κ3) is 3.94. The smallest absolute Gasteiger partial charge is 0.334 e. The molecule has 1 aliphatic heterocycles. The van der Waals surface area contributed by atoms with Gasteiger partial charge in [0.15, 0.2) is 0 Å². The molecule has 1 saturated heterocycles. The summed E-state index contributed by atoms with van der Waals surface area (Å²) in [5.41, 5.74) is 0.544. The Morgan fingerprint density at radius 3 is 2.69 bits per heavy atom. The second-order valence-electron chi connectivity index (χ2n) is 4.22. The second-order valence-corrected chi connectivity index (χ2v) is 4.22. The normalized spacial score (nSPS) is 17.4. The van der Waals surface area contributed by atoms with Gasteiger partial charge >= 0.3 is 5.97 Å². The van der Waals surface area contributed by atoms with Gasteiger partial charge in [-0.2, -0.15) is 0 Å². The standard InChI is InChI=1S/C12H22N2O2/c1-4-16-12(15)10(2)9-14(3)11-5-7-13-8-6-11/h11,13H,2,4-9H2,1,3H3. The summed E-state index contributed by atoms with van der Waals surface area (Å²) < 4.78 is 4.91. The molecule has 0 unspecified atom stereocenters. The van der Waals surface area contributed by atoms with Gasteiger partial charge in [-0.1, -0.05) is 6.58 Å². The van der Waals surface area contributed by atoms with Crippen LogP contribution in [0.5, 0.6) is 0 Å². The lowest BCUT2D eigenvalue weighted by Gasteiger charge is -2.31. The summed E-state index contributed by atoms with van der Waals surface area (Å²) in [6.07, 6.45) is 2.26. The Balaban J connectivity index is 2.34. The third-order valence-corrected chi connectivity index (χ3v) is 2.94. The van der Waals surface area contributed by atoms with Gasteiger partial charge in [-0.25, -0.2) is 4.79 Å². The monoisotopic (exact) mass is 226 g/mol. The number of hydrogen-bond acceptors (Lipinski definition) is 4. The molecule has 4 heteroatoms. The van der Waals surface area contributed by atoms with E-state index in [4.69, 9.17) is 4.74 Å². The van der Waals surface area contributed by atoms with E-state index >= 15 is 0 Å². The topological polar surface area (TPSA) is 41.6 Å². The Morgan fingerprint density at radius 1 is 1.50 bits per heavy atom. The molecule has 0 amide bonds. The van der Waals surface area contributed by atoms with Crippen molar-refractivity contribution in [3.63, 3.8) is 0 Å². The predicted octanol–water partition coefficient (Wildman–Crippen LogP) is 0.789. The Kier molecular flexibility index (Phi) is 5.49. The third-order valence-electron chi connectivity index (χ3n) is 2.94. The van der Waals surface area contributed by atoms with Gasteiger partial charge in [0, 0.05) is 18.2 Å². The number of piperidine rings is 1. The van der Waals surface area contributed by atoms with Gasteiger partial charge in [-0.3, -0.25) is 4.90 Å². The molecule has 0 spiro atoms. The highest BCUT2D eigenvalue weighted by molar-refractivity contribution is 5.88. The molecular weight excluding hydrogens is 204 g/mol. The van der Waals surface area contributed by atoms with Gasteiger partial charge in [-0.15, -0.1) is 0 Å². The van der Waals surface area contributed by atoms with Crippen molar-refractivity contribution in [1.29, 1.82) is 0 Å².